The van der Waals surface area contributed by atoms with Gasteiger partial charge in [-0.2, -0.15) is 0 Å². The van der Waals surface area contributed by atoms with E-state index >= 15 is 0 Å². The zero-order chi connectivity index (χ0) is 17.1. The van der Waals surface area contributed by atoms with Crippen LogP contribution in [0.1, 0.15) is 0 Å². The standard InChI is InChI=1S/C13H7ClF5N3S/c14-5-1-3-6(4-2-5)20-13(23)22-21-12-10(18)8(16)7(15)9(17)11(12)19/h1-4,21H,(H2,20,22,23). The van der Waals surface area contributed by atoms with E-state index in [4.69, 9.17) is 23.8 Å². The van der Waals surface area contributed by atoms with Crippen LogP contribution >= 0.6 is 23.8 Å². The van der Waals surface area contributed by atoms with Crippen LogP contribution in [0.5, 0.6) is 0 Å². The maximum Gasteiger partial charge on any atom is 0.200 e. The molecule has 0 saturated heterocycles. The molecule has 0 aromatic heterocycles. The van der Waals surface area contributed by atoms with Gasteiger partial charge >= 0.3 is 0 Å². The van der Waals surface area contributed by atoms with Gasteiger partial charge in [0.15, 0.2) is 28.4 Å². The average Bonchev–Trinajstić information content (AvgIpc) is 2.53. The highest BCUT2D eigenvalue weighted by Crippen LogP contribution is 2.26. The van der Waals surface area contributed by atoms with Crippen molar-refractivity contribution in [1.82, 2.24) is 5.43 Å². The highest BCUT2D eigenvalue weighted by Gasteiger charge is 2.25. The van der Waals surface area contributed by atoms with Gasteiger partial charge in [-0.1, -0.05) is 11.6 Å². The molecular weight excluding hydrogens is 361 g/mol. The topological polar surface area (TPSA) is 36.1 Å². The number of rotatable bonds is 3. The summed E-state index contributed by atoms with van der Waals surface area (Å²) in [4.78, 5) is 0. The molecule has 0 spiro atoms. The minimum absolute atomic E-state index is 0.170. The quantitative estimate of drug-likeness (QED) is 0.248. The number of hydrogen-bond donors (Lipinski definition) is 3. The van der Waals surface area contributed by atoms with Crippen LogP contribution in [0.15, 0.2) is 24.3 Å². The Hall–Kier alpha value is -2.13. The molecule has 0 radical (unpaired) electrons. The van der Waals surface area contributed by atoms with Crippen LogP contribution in [0.25, 0.3) is 0 Å². The third kappa shape index (κ3) is 3.80. The zero-order valence-electron chi connectivity index (χ0n) is 11.0. The summed E-state index contributed by atoms with van der Waals surface area (Å²) >= 11 is 10.5. The van der Waals surface area contributed by atoms with Crippen LogP contribution in [0, 0.1) is 29.1 Å². The molecule has 122 valence electrons. The number of hydrazine groups is 1. The summed E-state index contributed by atoms with van der Waals surface area (Å²) in [5.41, 5.74) is 3.21. The van der Waals surface area contributed by atoms with Crippen molar-refractivity contribution >= 4 is 40.3 Å². The largest absolute Gasteiger partial charge is 0.331 e. The lowest BCUT2D eigenvalue weighted by atomic mass is 10.2. The Morgan fingerprint density at radius 1 is 0.826 bits per heavy atom. The van der Waals surface area contributed by atoms with Gasteiger partial charge in [0.05, 0.1) is 0 Å². The maximum absolute atomic E-state index is 13.4. The normalized spacial score (nSPS) is 10.3. The summed E-state index contributed by atoms with van der Waals surface area (Å²) in [5, 5.41) is 2.92. The van der Waals surface area contributed by atoms with E-state index in [0.29, 0.717) is 10.7 Å². The molecule has 0 fully saturated rings. The maximum atomic E-state index is 13.4. The second-order valence-corrected chi connectivity index (χ2v) is 5.00. The van der Waals surface area contributed by atoms with Crippen molar-refractivity contribution < 1.29 is 22.0 Å². The summed E-state index contributed by atoms with van der Waals surface area (Å²) in [7, 11) is 0. The average molecular weight is 368 g/mol. The van der Waals surface area contributed by atoms with Crippen molar-refractivity contribution in [2.75, 3.05) is 10.7 Å². The first-order valence-corrected chi connectivity index (χ1v) is 6.70. The van der Waals surface area contributed by atoms with Crippen molar-refractivity contribution in [3.8, 4) is 0 Å². The molecular formula is C13H7ClF5N3S. The smallest absolute Gasteiger partial charge is 0.200 e. The number of hydrogen-bond acceptors (Lipinski definition) is 2. The molecule has 0 heterocycles. The fraction of sp³-hybridized carbons (Fsp3) is 0. The lowest BCUT2D eigenvalue weighted by molar-refractivity contribution is 0.381. The van der Waals surface area contributed by atoms with Crippen molar-refractivity contribution in [3.63, 3.8) is 0 Å². The van der Waals surface area contributed by atoms with E-state index in [-0.39, 0.29) is 5.11 Å². The molecule has 0 aliphatic rings. The third-order valence-corrected chi connectivity index (χ3v) is 3.07. The van der Waals surface area contributed by atoms with Crippen molar-refractivity contribution in [2.24, 2.45) is 0 Å². The first kappa shape index (κ1) is 17.2. The Balaban J connectivity index is 2.09. The lowest BCUT2D eigenvalue weighted by Crippen LogP contribution is -2.34. The van der Waals surface area contributed by atoms with Gasteiger partial charge in [-0.3, -0.25) is 10.9 Å². The first-order valence-electron chi connectivity index (χ1n) is 5.91. The SMILES string of the molecule is Fc1c(F)c(F)c(NNC(=S)Nc2ccc(Cl)cc2)c(F)c1F. The molecule has 3 nitrogen and oxygen atoms in total. The van der Waals surface area contributed by atoms with Gasteiger partial charge in [0.25, 0.3) is 0 Å². The van der Waals surface area contributed by atoms with Crippen LogP contribution in [0.2, 0.25) is 5.02 Å². The van der Waals surface area contributed by atoms with E-state index in [1.165, 1.54) is 0 Å². The highest BCUT2D eigenvalue weighted by molar-refractivity contribution is 7.80. The summed E-state index contributed by atoms with van der Waals surface area (Å²) in [5.74, 6) is -10.4. The molecule has 23 heavy (non-hydrogen) atoms. The summed E-state index contributed by atoms with van der Waals surface area (Å²) < 4.78 is 65.8. The summed E-state index contributed by atoms with van der Waals surface area (Å²) in [6, 6.07) is 6.25. The van der Waals surface area contributed by atoms with Gasteiger partial charge < -0.3 is 5.32 Å². The molecule has 2 rings (SSSR count). The molecule has 2 aromatic carbocycles. The van der Waals surface area contributed by atoms with Gasteiger partial charge in [0, 0.05) is 10.7 Å². The summed E-state index contributed by atoms with van der Waals surface area (Å²) in [6.07, 6.45) is 0. The Bertz CT molecular complexity index is 725. The van der Waals surface area contributed by atoms with Crippen LogP contribution in [0.3, 0.4) is 0 Å². The third-order valence-electron chi connectivity index (χ3n) is 2.61. The van der Waals surface area contributed by atoms with Gasteiger partial charge in [0.2, 0.25) is 5.82 Å². The number of nitrogens with one attached hydrogen (secondary N) is 3. The monoisotopic (exact) mass is 367 g/mol. The fourth-order valence-corrected chi connectivity index (χ4v) is 1.82. The van der Waals surface area contributed by atoms with Gasteiger partial charge in [-0.05, 0) is 36.5 Å². The second kappa shape index (κ2) is 6.97. The minimum atomic E-state index is -2.24. The molecule has 3 N–H and O–H groups in total. The summed E-state index contributed by atoms with van der Waals surface area (Å²) in [6.45, 7) is 0. The molecule has 0 saturated carbocycles. The van der Waals surface area contributed by atoms with E-state index in [1.807, 2.05) is 5.43 Å². The molecule has 10 heteroatoms. The lowest BCUT2D eigenvalue weighted by Gasteiger charge is -2.14. The Labute approximate surface area is 137 Å². The number of halogens is 6. The Morgan fingerprint density at radius 2 is 1.30 bits per heavy atom. The van der Waals surface area contributed by atoms with E-state index in [9.17, 15) is 22.0 Å². The predicted molar refractivity (Wildman–Crippen MR) is 80.7 cm³/mol. The van der Waals surface area contributed by atoms with E-state index in [0.717, 1.165) is 0 Å². The minimum Gasteiger partial charge on any atom is -0.331 e. The van der Waals surface area contributed by atoms with E-state index < -0.39 is 34.8 Å². The van der Waals surface area contributed by atoms with Crippen LogP contribution < -0.4 is 16.2 Å². The van der Waals surface area contributed by atoms with Gasteiger partial charge in [-0.25, -0.2) is 22.0 Å². The molecule has 0 bridgehead atoms. The van der Waals surface area contributed by atoms with Gasteiger partial charge in [0.1, 0.15) is 5.69 Å². The van der Waals surface area contributed by atoms with Gasteiger partial charge in [-0.15, -0.1) is 0 Å². The molecule has 0 unspecified atom stereocenters. The van der Waals surface area contributed by atoms with Crippen molar-refractivity contribution in [1.29, 1.82) is 0 Å². The Kier molecular flexibility index (Phi) is 5.22. The highest BCUT2D eigenvalue weighted by atomic mass is 35.5. The van der Waals surface area contributed by atoms with Crippen LogP contribution in [-0.4, -0.2) is 5.11 Å². The second-order valence-electron chi connectivity index (χ2n) is 4.16. The van der Waals surface area contributed by atoms with Crippen LogP contribution in [0.4, 0.5) is 33.3 Å². The zero-order valence-corrected chi connectivity index (χ0v) is 12.6. The van der Waals surface area contributed by atoms with Crippen molar-refractivity contribution in [2.45, 2.75) is 0 Å². The number of anilines is 2. The molecule has 0 aliphatic carbocycles. The molecule has 0 atom stereocenters. The predicted octanol–water partition coefficient (Wildman–Crippen LogP) is 4.35. The van der Waals surface area contributed by atoms with Crippen molar-refractivity contribution in [3.05, 3.63) is 58.4 Å². The van der Waals surface area contributed by atoms with E-state index in [2.05, 4.69) is 10.7 Å². The Morgan fingerprint density at radius 3 is 1.83 bits per heavy atom. The first-order chi connectivity index (χ1) is 10.8. The molecule has 2 aromatic rings. The fourth-order valence-electron chi connectivity index (χ4n) is 1.53. The molecule has 0 amide bonds. The van der Waals surface area contributed by atoms with E-state index in [1.54, 1.807) is 24.3 Å². The number of thiocarbonyl (C=S) groups is 1. The number of benzene rings is 2. The molecule has 0 aliphatic heterocycles. The van der Waals surface area contributed by atoms with Crippen LogP contribution in [-0.2, 0) is 0 Å².